The summed E-state index contributed by atoms with van der Waals surface area (Å²) in [4.78, 5) is 3.98. The summed E-state index contributed by atoms with van der Waals surface area (Å²) in [5, 5.41) is 0. The van der Waals surface area contributed by atoms with Gasteiger partial charge in [0.25, 0.3) is 0 Å². The molecule has 0 fully saturated rings. The first-order valence-electron chi connectivity index (χ1n) is 5.28. The van der Waals surface area contributed by atoms with E-state index in [9.17, 15) is 8.78 Å². The van der Waals surface area contributed by atoms with E-state index in [1.807, 2.05) is 0 Å². The minimum atomic E-state index is -0.716. The van der Waals surface area contributed by atoms with Crippen LogP contribution in [0.3, 0.4) is 0 Å². The maximum Gasteiger partial charge on any atom is 0.139 e. The second kappa shape index (κ2) is 4.60. The summed E-state index contributed by atoms with van der Waals surface area (Å²) in [6, 6.07) is 3.86. The fourth-order valence-corrected chi connectivity index (χ4v) is 1.75. The van der Waals surface area contributed by atoms with Crippen LogP contribution in [0.15, 0.2) is 24.4 Å². The average molecular weight is 250 g/mol. The molecule has 0 radical (unpaired) electrons. The predicted octanol–water partition coefficient (Wildman–Crippen LogP) is 2.93. The molecule has 2 aromatic rings. The van der Waals surface area contributed by atoms with E-state index in [0.29, 0.717) is 11.3 Å². The first-order valence-corrected chi connectivity index (χ1v) is 5.28. The van der Waals surface area contributed by atoms with Crippen LogP contribution in [-0.4, -0.2) is 12.1 Å². The van der Waals surface area contributed by atoms with Crippen molar-refractivity contribution in [3.8, 4) is 17.0 Å². The molecule has 0 saturated heterocycles. The Morgan fingerprint density at radius 2 is 1.78 bits per heavy atom. The zero-order valence-electron chi connectivity index (χ0n) is 10.00. The van der Waals surface area contributed by atoms with Crippen molar-refractivity contribution in [2.45, 2.75) is 6.92 Å². The van der Waals surface area contributed by atoms with Crippen molar-refractivity contribution >= 4 is 5.69 Å². The van der Waals surface area contributed by atoms with Gasteiger partial charge in [-0.25, -0.2) is 8.78 Å². The number of benzene rings is 1. The van der Waals surface area contributed by atoms with Crippen LogP contribution < -0.4 is 10.5 Å². The van der Waals surface area contributed by atoms with Gasteiger partial charge in [-0.1, -0.05) is 0 Å². The molecule has 0 bridgehead atoms. The van der Waals surface area contributed by atoms with Crippen LogP contribution in [0.4, 0.5) is 14.5 Å². The van der Waals surface area contributed by atoms with Gasteiger partial charge in [0.15, 0.2) is 0 Å². The summed E-state index contributed by atoms with van der Waals surface area (Å²) in [6.07, 6.45) is 1.37. The number of halogens is 2. The lowest BCUT2D eigenvalue weighted by Gasteiger charge is -2.09. The lowest BCUT2D eigenvalue weighted by Crippen LogP contribution is -1.98. The Hall–Kier alpha value is -2.17. The normalized spacial score (nSPS) is 10.4. The minimum Gasteiger partial charge on any atom is -0.497 e. The molecule has 0 aliphatic carbocycles. The summed E-state index contributed by atoms with van der Waals surface area (Å²) in [7, 11) is 1.35. The van der Waals surface area contributed by atoms with Crippen LogP contribution in [0.5, 0.6) is 5.75 Å². The number of aryl methyl sites for hydroxylation is 1. The topological polar surface area (TPSA) is 48.1 Å². The highest BCUT2D eigenvalue weighted by atomic mass is 19.1. The lowest BCUT2D eigenvalue weighted by molar-refractivity contribution is 0.407. The van der Waals surface area contributed by atoms with Crippen molar-refractivity contribution in [3.63, 3.8) is 0 Å². The van der Waals surface area contributed by atoms with Crippen molar-refractivity contribution in [2.75, 3.05) is 12.8 Å². The molecule has 0 aliphatic rings. The third-order valence-electron chi connectivity index (χ3n) is 2.59. The Bertz CT molecular complexity index is 577. The largest absolute Gasteiger partial charge is 0.497 e. The fourth-order valence-electron chi connectivity index (χ4n) is 1.75. The molecular formula is C13H12F2N2O. The molecule has 1 aromatic carbocycles. The molecule has 2 N–H and O–H groups in total. The van der Waals surface area contributed by atoms with Crippen molar-refractivity contribution in [2.24, 2.45) is 0 Å². The average Bonchev–Trinajstić information content (AvgIpc) is 2.30. The van der Waals surface area contributed by atoms with E-state index in [2.05, 4.69) is 4.98 Å². The van der Waals surface area contributed by atoms with E-state index >= 15 is 0 Å². The molecule has 0 unspecified atom stereocenters. The Labute approximate surface area is 103 Å². The molecule has 1 aromatic heterocycles. The Kier molecular flexibility index (Phi) is 3.14. The van der Waals surface area contributed by atoms with Gasteiger partial charge in [0, 0.05) is 12.1 Å². The summed E-state index contributed by atoms with van der Waals surface area (Å²) in [6.45, 7) is 1.70. The summed E-state index contributed by atoms with van der Waals surface area (Å²) < 4.78 is 32.5. The van der Waals surface area contributed by atoms with Gasteiger partial charge in [-0.2, -0.15) is 0 Å². The molecule has 0 amide bonds. The fraction of sp³-hybridized carbons (Fsp3) is 0.154. The maximum atomic E-state index is 13.9. The van der Waals surface area contributed by atoms with Gasteiger partial charge in [0.05, 0.1) is 30.3 Å². The van der Waals surface area contributed by atoms with E-state index in [1.54, 1.807) is 13.0 Å². The number of hydrogen-bond donors (Lipinski definition) is 1. The van der Waals surface area contributed by atoms with Gasteiger partial charge < -0.3 is 10.5 Å². The van der Waals surface area contributed by atoms with Gasteiger partial charge >= 0.3 is 0 Å². The Balaban J connectivity index is 2.64. The number of rotatable bonds is 2. The molecule has 3 nitrogen and oxygen atoms in total. The summed E-state index contributed by atoms with van der Waals surface area (Å²) >= 11 is 0. The van der Waals surface area contributed by atoms with E-state index in [1.165, 1.54) is 13.3 Å². The van der Waals surface area contributed by atoms with E-state index in [0.717, 1.165) is 12.1 Å². The van der Waals surface area contributed by atoms with Gasteiger partial charge in [0.1, 0.15) is 17.4 Å². The Morgan fingerprint density at radius 1 is 1.17 bits per heavy atom. The van der Waals surface area contributed by atoms with Crippen molar-refractivity contribution in [3.05, 3.63) is 41.6 Å². The van der Waals surface area contributed by atoms with E-state index < -0.39 is 11.6 Å². The first kappa shape index (κ1) is 12.3. The highest BCUT2D eigenvalue weighted by Crippen LogP contribution is 2.30. The van der Waals surface area contributed by atoms with E-state index in [-0.39, 0.29) is 17.0 Å². The maximum absolute atomic E-state index is 13.9. The van der Waals surface area contributed by atoms with Crippen LogP contribution in [0.1, 0.15) is 5.56 Å². The number of pyridine rings is 1. The Morgan fingerprint density at radius 3 is 2.28 bits per heavy atom. The number of nitrogens with two attached hydrogens (primary N) is 1. The van der Waals surface area contributed by atoms with Gasteiger partial charge in [-0.3, -0.25) is 4.98 Å². The van der Waals surface area contributed by atoms with Crippen LogP contribution in [0.2, 0.25) is 0 Å². The second-order valence-corrected chi connectivity index (χ2v) is 3.90. The summed E-state index contributed by atoms with van der Waals surface area (Å²) in [5.74, 6) is -1.30. The van der Waals surface area contributed by atoms with Crippen molar-refractivity contribution in [1.29, 1.82) is 0 Å². The quantitative estimate of drug-likeness (QED) is 0.891. The molecular weight excluding hydrogens is 238 g/mol. The van der Waals surface area contributed by atoms with Crippen LogP contribution in [0.25, 0.3) is 11.3 Å². The van der Waals surface area contributed by atoms with Gasteiger partial charge in [-0.15, -0.1) is 0 Å². The third kappa shape index (κ3) is 2.11. The molecule has 1 heterocycles. The van der Waals surface area contributed by atoms with E-state index in [4.69, 9.17) is 10.5 Å². The molecule has 0 aliphatic heterocycles. The molecule has 0 atom stereocenters. The summed E-state index contributed by atoms with van der Waals surface area (Å²) in [5.41, 5.74) is 6.68. The number of hydrogen-bond acceptors (Lipinski definition) is 3. The molecule has 0 saturated carbocycles. The highest BCUT2D eigenvalue weighted by Gasteiger charge is 2.16. The van der Waals surface area contributed by atoms with Gasteiger partial charge in [0.2, 0.25) is 0 Å². The number of nitrogen functional groups attached to an aromatic ring is 1. The predicted molar refractivity (Wildman–Crippen MR) is 65.3 cm³/mol. The number of aromatic nitrogens is 1. The molecule has 18 heavy (non-hydrogen) atoms. The monoisotopic (exact) mass is 250 g/mol. The van der Waals surface area contributed by atoms with Crippen LogP contribution >= 0.6 is 0 Å². The number of anilines is 1. The zero-order chi connectivity index (χ0) is 13.3. The van der Waals surface area contributed by atoms with Gasteiger partial charge in [-0.05, 0) is 18.6 Å². The third-order valence-corrected chi connectivity index (χ3v) is 2.59. The second-order valence-electron chi connectivity index (χ2n) is 3.90. The van der Waals surface area contributed by atoms with Crippen molar-refractivity contribution < 1.29 is 13.5 Å². The molecule has 5 heteroatoms. The lowest BCUT2D eigenvalue weighted by atomic mass is 10.0. The SMILES string of the molecule is COc1cc(F)c(-c2ncc(N)cc2C)c(F)c1. The van der Waals surface area contributed by atoms with Crippen molar-refractivity contribution in [1.82, 2.24) is 4.98 Å². The first-order chi connectivity index (χ1) is 8.52. The standard InChI is InChI=1S/C13H12F2N2O/c1-7-3-8(16)6-17-13(7)12-10(14)4-9(18-2)5-11(12)15/h3-6H,16H2,1-2H3. The highest BCUT2D eigenvalue weighted by molar-refractivity contribution is 5.66. The number of methoxy groups -OCH3 is 1. The number of nitrogens with zero attached hydrogens (tertiary/aromatic N) is 1. The smallest absolute Gasteiger partial charge is 0.139 e. The molecule has 2 rings (SSSR count). The molecule has 0 spiro atoms. The van der Waals surface area contributed by atoms with Crippen LogP contribution in [0, 0.1) is 18.6 Å². The van der Waals surface area contributed by atoms with Crippen LogP contribution in [-0.2, 0) is 0 Å². The molecule has 94 valence electrons. The minimum absolute atomic E-state index is 0.127. The zero-order valence-corrected chi connectivity index (χ0v) is 10.00. The number of ether oxygens (including phenoxy) is 1.